The fraction of sp³-hybridized carbons (Fsp3) is 0.533. The summed E-state index contributed by atoms with van der Waals surface area (Å²) in [5, 5.41) is 2.56. The van der Waals surface area contributed by atoms with Gasteiger partial charge in [-0.05, 0) is 90.6 Å². The molecule has 3 fully saturated rings. The van der Waals surface area contributed by atoms with Crippen molar-refractivity contribution in [1.82, 2.24) is 24.9 Å². The Balaban J connectivity index is 1.30. The molecule has 6 bridgehead atoms. The van der Waals surface area contributed by atoms with E-state index in [0.29, 0.717) is 37.4 Å². The van der Waals surface area contributed by atoms with Crippen molar-refractivity contribution in [2.45, 2.75) is 97.6 Å². The minimum atomic E-state index is -0.873. The second-order valence-corrected chi connectivity index (χ2v) is 17.5. The lowest BCUT2D eigenvalue weighted by Crippen LogP contribution is -2.59. The number of anilines is 1. The van der Waals surface area contributed by atoms with E-state index in [0.717, 1.165) is 96.2 Å². The molecule has 3 atom stereocenters. The van der Waals surface area contributed by atoms with Gasteiger partial charge in [0.1, 0.15) is 12.7 Å². The van der Waals surface area contributed by atoms with Crippen molar-refractivity contribution < 1.29 is 23.5 Å². The fourth-order valence-electron chi connectivity index (χ4n) is 9.36. The normalized spacial score (nSPS) is 23.4. The van der Waals surface area contributed by atoms with E-state index in [4.69, 9.17) is 20.2 Å². The Labute approximate surface area is 335 Å². The summed E-state index contributed by atoms with van der Waals surface area (Å²) in [5.74, 6) is -0.513. The number of aryl methyl sites for hydroxylation is 1. The molecule has 1 amide bonds. The molecule has 4 aromatic rings. The molecule has 3 N–H and O–H groups in total. The second kappa shape index (κ2) is 16.1. The summed E-state index contributed by atoms with van der Waals surface area (Å²) in [5.41, 5.74) is 19.0. The molecular weight excluding hydrogens is 722 g/mol. The minimum Gasteiger partial charge on any atom is -0.464 e. The highest BCUT2D eigenvalue weighted by Crippen LogP contribution is 2.43. The van der Waals surface area contributed by atoms with Gasteiger partial charge in [-0.2, -0.15) is 0 Å². The molecule has 57 heavy (non-hydrogen) atoms. The molecule has 0 radical (unpaired) electrons. The number of hydrogen-bond acceptors (Lipinski definition) is 9. The third kappa shape index (κ3) is 7.93. The Kier molecular flexibility index (Phi) is 11.2. The zero-order chi connectivity index (χ0) is 40.0. The summed E-state index contributed by atoms with van der Waals surface area (Å²) in [4.78, 5) is 37.4. The molecule has 0 spiro atoms. The summed E-state index contributed by atoms with van der Waals surface area (Å²) >= 11 is 0. The van der Waals surface area contributed by atoms with Crippen molar-refractivity contribution in [2.24, 2.45) is 11.1 Å². The van der Waals surface area contributed by atoms with Crippen molar-refractivity contribution in [1.29, 1.82) is 0 Å². The van der Waals surface area contributed by atoms with Crippen LogP contribution in [-0.4, -0.2) is 102 Å². The Bertz CT molecular complexity index is 2150. The fourth-order valence-corrected chi connectivity index (χ4v) is 9.36. The molecule has 6 heterocycles. The molecule has 0 unspecified atom stereocenters. The third-order valence-corrected chi connectivity index (χ3v) is 12.3. The van der Waals surface area contributed by atoms with E-state index >= 15 is 0 Å². The molecule has 0 aliphatic carbocycles. The first-order valence-corrected chi connectivity index (χ1v) is 20.8. The van der Waals surface area contributed by atoms with Gasteiger partial charge in [0.25, 0.3) is 5.91 Å². The molecular formula is C45H58FN7O4. The predicted molar refractivity (Wildman–Crippen MR) is 222 cm³/mol. The summed E-state index contributed by atoms with van der Waals surface area (Å²) in [6, 6.07) is 13.4. The quantitative estimate of drug-likeness (QED) is 0.236. The maximum absolute atomic E-state index is 14.5. The summed E-state index contributed by atoms with van der Waals surface area (Å²) < 4.78 is 28.9. The Morgan fingerprint density at radius 1 is 1.05 bits per heavy atom. The van der Waals surface area contributed by atoms with Gasteiger partial charge < -0.3 is 24.7 Å². The van der Waals surface area contributed by atoms with Crippen molar-refractivity contribution in [3.63, 3.8) is 0 Å². The molecule has 11 nitrogen and oxygen atoms in total. The van der Waals surface area contributed by atoms with Crippen LogP contribution < -0.4 is 16.1 Å². The smallest absolute Gasteiger partial charge is 0.324 e. The number of nitrogens with two attached hydrogens (primary N) is 1. The number of morpholine rings is 1. The van der Waals surface area contributed by atoms with Crippen LogP contribution in [0.15, 0.2) is 48.7 Å². The monoisotopic (exact) mass is 779 g/mol. The van der Waals surface area contributed by atoms with Crippen LogP contribution in [0.4, 0.5) is 10.1 Å². The maximum atomic E-state index is 14.5. The Hall–Kier alpha value is -4.36. The number of carbonyl (C=O) groups is 2. The van der Waals surface area contributed by atoms with Crippen molar-refractivity contribution in [3.05, 3.63) is 71.0 Å². The second-order valence-electron chi connectivity index (χ2n) is 17.5. The first-order valence-electron chi connectivity index (χ1n) is 20.8. The van der Waals surface area contributed by atoms with Crippen molar-refractivity contribution in [3.8, 4) is 22.4 Å². The Morgan fingerprint density at radius 2 is 1.89 bits per heavy atom. The molecule has 2 aromatic heterocycles. The number of esters is 1. The van der Waals surface area contributed by atoms with Gasteiger partial charge >= 0.3 is 5.97 Å². The third-order valence-electron chi connectivity index (χ3n) is 12.3. The van der Waals surface area contributed by atoms with Gasteiger partial charge in [-0.25, -0.2) is 9.82 Å². The van der Waals surface area contributed by atoms with Gasteiger partial charge in [0.15, 0.2) is 0 Å². The van der Waals surface area contributed by atoms with Crippen LogP contribution in [0, 0.1) is 5.41 Å². The number of nitrogens with one attached hydrogen (secondary N) is 1. The number of halogens is 1. The zero-order valence-corrected chi connectivity index (χ0v) is 34.2. The largest absolute Gasteiger partial charge is 0.464 e. The number of aromatic nitrogens is 2. The van der Waals surface area contributed by atoms with Crippen LogP contribution in [0.3, 0.4) is 0 Å². The highest BCUT2D eigenvalue weighted by molar-refractivity contribution is 5.96. The minimum absolute atomic E-state index is 0.166. The molecule has 4 aliphatic rings. The number of hydrazine groups is 1. The lowest BCUT2D eigenvalue weighted by Gasteiger charge is -2.44. The van der Waals surface area contributed by atoms with Crippen LogP contribution in [0.5, 0.6) is 0 Å². The van der Waals surface area contributed by atoms with Gasteiger partial charge in [0, 0.05) is 61.1 Å². The number of rotatable bonds is 5. The number of hydrogen-bond donors (Lipinski definition) is 2. The van der Waals surface area contributed by atoms with E-state index in [-0.39, 0.29) is 30.8 Å². The molecule has 304 valence electrons. The van der Waals surface area contributed by atoms with Gasteiger partial charge in [0.2, 0.25) is 0 Å². The number of pyridine rings is 1. The van der Waals surface area contributed by atoms with E-state index in [9.17, 15) is 14.0 Å². The number of benzene rings is 2. The number of cyclic esters (lactones) is 1. The number of amides is 1. The number of piperazine rings is 1. The molecule has 8 rings (SSSR count). The van der Waals surface area contributed by atoms with Crippen LogP contribution in [0.2, 0.25) is 0 Å². The first-order chi connectivity index (χ1) is 27.4. The van der Waals surface area contributed by atoms with E-state index in [1.165, 1.54) is 10.6 Å². The molecule has 12 heteroatoms. The number of fused-ring (bicyclic) bond motifs is 7. The average molecular weight is 780 g/mol. The topological polar surface area (TPSA) is 118 Å². The highest BCUT2D eigenvalue weighted by atomic mass is 19.1. The lowest BCUT2D eigenvalue weighted by atomic mass is 9.83. The van der Waals surface area contributed by atoms with Crippen LogP contribution in [0.25, 0.3) is 33.3 Å². The Morgan fingerprint density at radius 3 is 2.68 bits per heavy atom. The number of nitrogens with zero attached hydrogens (tertiary/aromatic N) is 5. The average Bonchev–Trinajstić information content (AvgIpc) is 3.52. The van der Waals surface area contributed by atoms with Crippen LogP contribution >= 0.6 is 0 Å². The molecule has 4 aliphatic heterocycles. The number of carbonyl (C=O) groups excluding carboxylic acids is 2. The van der Waals surface area contributed by atoms with Gasteiger partial charge in [-0.3, -0.25) is 24.5 Å². The summed E-state index contributed by atoms with van der Waals surface area (Å²) in [7, 11) is 0. The summed E-state index contributed by atoms with van der Waals surface area (Å²) in [6.07, 6.45) is 4.10. The standard InChI is InChI=1S/C45H58FN7O4/c1-6-52-40-10-9-31-20-35(40)37(42(52)36-21-33(24-48-41(36)28(2)3)51-13-12-50-14-15-56-26-34(50)25-51)22-45(4,5)27-57-44(55)39-8-7-11-53(49-39)43(54)38(47)19-29-16-30(23-46)18-32(31)17-29/h9-10,16-18,20-21,24,28,34,38-39,49H,6-8,11-15,19,22-23,25-27,47H2,1-5H3/t34-,38-,39-/m0/s1. The predicted octanol–water partition coefficient (Wildman–Crippen LogP) is 5.99. The van der Waals surface area contributed by atoms with E-state index < -0.39 is 24.2 Å². The van der Waals surface area contributed by atoms with E-state index in [1.54, 1.807) is 6.07 Å². The summed E-state index contributed by atoms with van der Waals surface area (Å²) in [6.45, 7) is 16.9. The number of alkyl halides is 1. The van der Waals surface area contributed by atoms with Gasteiger partial charge in [-0.1, -0.05) is 45.9 Å². The van der Waals surface area contributed by atoms with Crippen LogP contribution in [0.1, 0.15) is 75.8 Å². The van der Waals surface area contributed by atoms with Crippen LogP contribution in [-0.2, 0) is 45.1 Å². The molecule has 0 saturated carbocycles. The van der Waals surface area contributed by atoms with Crippen molar-refractivity contribution >= 4 is 28.5 Å². The van der Waals surface area contributed by atoms with Gasteiger partial charge in [0.05, 0.1) is 55.2 Å². The maximum Gasteiger partial charge on any atom is 0.324 e. The first kappa shape index (κ1) is 39.5. The SMILES string of the molecule is CCn1c(-c2cc(N3CCN4CCOC[C@@H]4C3)cnc2C(C)C)c2c3cc(ccc31)-c1cc(CF)cc(c1)C[C@H](N)C(=O)N1CCC[C@H](N1)C(=O)OCC(C)(C)C2. The lowest BCUT2D eigenvalue weighted by molar-refractivity contribution is -0.154. The zero-order valence-electron chi connectivity index (χ0n) is 34.2. The molecule has 3 saturated heterocycles. The van der Waals surface area contributed by atoms with E-state index in [1.807, 2.05) is 18.3 Å². The van der Waals surface area contributed by atoms with Crippen molar-refractivity contribution in [2.75, 3.05) is 57.4 Å². The van der Waals surface area contributed by atoms with Gasteiger partial charge in [-0.15, -0.1) is 0 Å². The number of ether oxygens (including phenoxy) is 2. The van der Waals surface area contributed by atoms with E-state index in [2.05, 4.69) is 78.7 Å². The molecule has 2 aromatic carbocycles. The highest BCUT2D eigenvalue weighted by Gasteiger charge is 2.35.